The van der Waals surface area contributed by atoms with E-state index in [1.165, 1.54) is 24.0 Å². The van der Waals surface area contributed by atoms with Crippen LogP contribution >= 0.6 is 0 Å². The zero-order valence-electron chi connectivity index (χ0n) is 8.99. The molecule has 0 amide bonds. The van der Waals surface area contributed by atoms with E-state index < -0.39 is 0 Å². The molecule has 0 aliphatic carbocycles. The van der Waals surface area contributed by atoms with E-state index in [0.717, 1.165) is 6.42 Å². The number of aryl methyl sites for hydroxylation is 1. The lowest BCUT2D eigenvalue weighted by atomic mass is 10.0. The van der Waals surface area contributed by atoms with Crippen LogP contribution in [0.2, 0.25) is 0 Å². The minimum Gasteiger partial charge on any atom is -0.371 e. The molecule has 1 fully saturated rings. The smallest absolute Gasteiger partial charge is 0.0829 e. The van der Waals surface area contributed by atoms with Crippen molar-refractivity contribution in [1.29, 1.82) is 0 Å². The molecule has 1 heteroatoms. The molecule has 1 aromatic carbocycles. The van der Waals surface area contributed by atoms with Crippen LogP contribution in [0.3, 0.4) is 0 Å². The summed E-state index contributed by atoms with van der Waals surface area (Å²) in [5.74, 6) is 0. The lowest BCUT2D eigenvalue weighted by molar-refractivity contribution is 0.0555. The summed E-state index contributed by atoms with van der Waals surface area (Å²) in [5, 5.41) is 0. The van der Waals surface area contributed by atoms with Crippen LogP contribution in [-0.4, -0.2) is 6.10 Å². The van der Waals surface area contributed by atoms with Gasteiger partial charge in [-0.2, -0.15) is 0 Å². The summed E-state index contributed by atoms with van der Waals surface area (Å²) in [5.41, 5.74) is 2.74. The minimum absolute atomic E-state index is 0.343. The summed E-state index contributed by atoms with van der Waals surface area (Å²) in [6.07, 6.45) is 4.26. The van der Waals surface area contributed by atoms with Gasteiger partial charge >= 0.3 is 0 Å². The van der Waals surface area contributed by atoms with Crippen molar-refractivity contribution in [3.8, 4) is 0 Å². The maximum atomic E-state index is 5.82. The monoisotopic (exact) mass is 190 g/mol. The third-order valence-corrected chi connectivity index (χ3v) is 2.99. The van der Waals surface area contributed by atoms with Crippen LogP contribution < -0.4 is 0 Å². The topological polar surface area (TPSA) is 9.23 Å². The highest BCUT2D eigenvalue weighted by Crippen LogP contribution is 2.32. The van der Waals surface area contributed by atoms with Crippen molar-refractivity contribution in [1.82, 2.24) is 0 Å². The number of hydrogen-bond acceptors (Lipinski definition) is 1. The Labute approximate surface area is 86.1 Å². The second-order valence-electron chi connectivity index (χ2n) is 4.11. The molecule has 0 radical (unpaired) electrons. The van der Waals surface area contributed by atoms with Crippen LogP contribution in [0.4, 0.5) is 0 Å². The molecule has 2 atom stereocenters. The van der Waals surface area contributed by atoms with Gasteiger partial charge in [-0.1, -0.05) is 31.2 Å². The van der Waals surface area contributed by atoms with Crippen LogP contribution in [0.15, 0.2) is 24.3 Å². The Morgan fingerprint density at radius 3 is 2.43 bits per heavy atom. The number of rotatable bonds is 2. The summed E-state index contributed by atoms with van der Waals surface area (Å²) in [6, 6.07) is 8.84. The molecular formula is C13H18O. The van der Waals surface area contributed by atoms with Gasteiger partial charge in [0.05, 0.1) is 12.2 Å². The maximum Gasteiger partial charge on any atom is 0.0829 e. The van der Waals surface area contributed by atoms with E-state index in [2.05, 4.69) is 38.1 Å². The second-order valence-corrected chi connectivity index (χ2v) is 4.11. The molecule has 1 heterocycles. The van der Waals surface area contributed by atoms with Crippen molar-refractivity contribution in [3.63, 3.8) is 0 Å². The summed E-state index contributed by atoms with van der Waals surface area (Å²) in [4.78, 5) is 0. The lowest BCUT2D eigenvalue weighted by Gasteiger charge is -2.11. The Morgan fingerprint density at radius 1 is 1.21 bits per heavy atom. The van der Waals surface area contributed by atoms with Crippen molar-refractivity contribution in [2.45, 2.75) is 45.3 Å². The van der Waals surface area contributed by atoms with Crippen molar-refractivity contribution in [2.75, 3.05) is 0 Å². The molecule has 1 saturated heterocycles. The van der Waals surface area contributed by atoms with E-state index in [1.807, 2.05) is 0 Å². The van der Waals surface area contributed by atoms with Gasteiger partial charge in [-0.25, -0.2) is 0 Å². The SMILES string of the molecule is CCc1ccc([C@@H]2CC[C@@H](C)O2)cc1. The predicted octanol–water partition coefficient (Wildman–Crippen LogP) is 3.49. The van der Waals surface area contributed by atoms with Crippen LogP contribution in [0, 0.1) is 0 Å². The van der Waals surface area contributed by atoms with Gasteiger partial charge in [0.2, 0.25) is 0 Å². The fraction of sp³-hybridized carbons (Fsp3) is 0.538. The molecule has 0 N–H and O–H groups in total. The summed E-state index contributed by atoms with van der Waals surface area (Å²) in [6.45, 7) is 4.34. The first-order valence-corrected chi connectivity index (χ1v) is 5.54. The zero-order chi connectivity index (χ0) is 9.97. The Kier molecular flexibility index (Phi) is 2.87. The van der Waals surface area contributed by atoms with Gasteiger partial charge in [-0.3, -0.25) is 0 Å². The van der Waals surface area contributed by atoms with Gasteiger partial charge in [0.25, 0.3) is 0 Å². The van der Waals surface area contributed by atoms with E-state index in [1.54, 1.807) is 0 Å². The van der Waals surface area contributed by atoms with E-state index in [9.17, 15) is 0 Å². The average Bonchev–Trinajstić information content (AvgIpc) is 2.65. The summed E-state index contributed by atoms with van der Waals surface area (Å²) < 4.78 is 5.82. The van der Waals surface area contributed by atoms with Gasteiger partial charge in [0.15, 0.2) is 0 Å². The van der Waals surface area contributed by atoms with Crippen LogP contribution in [-0.2, 0) is 11.2 Å². The number of benzene rings is 1. The average molecular weight is 190 g/mol. The molecule has 1 nitrogen and oxygen atoms in total. The highest BCUT2D eigenvalue weighted by atomic mass is 16.5. The predicted molar refractivity (Wildman–Crippen MR) is 58.3 cm³/mol. The Bertz CT molecular complexity index is 289. The Morgan fingerprint density at radius 2 is 1.93 bits per heavy atom. The molecule has 0 aromatic heterocycles. The van der Waals surface area contributed by atoms with Gasteiger partial charge in [0.1, 0.15) is 0 Å². The van der Waals surface area contributed by atoms with Crippen LogP contribution in [0.25, 0.3) is 0 Å². The van der Waals surface area contributed by atoms with E-state index in [0.29, 0.717) is 12.2 Å². The van der Waals surface area contributed by atoms with Gasteiger partial charge in [-0.05, 0) is 37.3 Å². The van der Waals surface area contributed by atoms with Gasteiger partial charge in [0, 0.05) is 0 Å². The van der Waals surface area contributed by atoms with Crippen molar-refractivity contribution >= 4 is 0 Å². The highest BCUT2D eigenvalue weighted by Gasteiger charge is 2.22. The lowest BCUT2D eigenvalue weighted by Crippen LogP contribution is -2.00. The molecule has 0 spiro atoms. The molecule has 14 heavy (non-hydrogen) atoms. The third kappa shape index (κ3) is 1.98. The van der Waals surface area contributed by atoms with Crippen molar-refractivity contribution in [2.24, 2.45) is 0 Å². The molecule has 1 aliphatic heterocycles. The first-order valence-electron chi connectivity index (χ1n) is 5.54. The fourth-order valence-electron chi connectivity index (χ4n) is 2.02. The second kappa shape index (κ2) is 4.14. The molecule has 76 valence electrons. The Hall–Kier alpha value is -0.820. The van der Waals surface area contributed by atoms with E-state index in [4.69, 9.17) is 4.74 Å². The molecule has 0 bridgehead atoms. The van der Waals surface area contributed by atoms with Crippen LogP contribution in [0.5, 0.6) is 0 Å². The Balaban J connectivity index is 2.09. The number of ether oxygens (including phenoxy) is 1. The number of hydrogen-bond donors (Lipinski definition) is 0. The minimum atomic E-state index is 0.343. The first-order chi connectivity index (χ1) is 6.79. The van der Waals surface area contributed by atoms with Crippen molar-refractivity contribution in [3.05, 3.63) is 35.4 Å². The normalized spacial score (nSPS) is 26.7. The molecule has 1 aliphatic rings. The van der Waals surface area contributed by atoms with E-state index >= 15 is 0 Å². The molecule has 0 saturated carbocycles. The fourth-order valence-corrected chi connectivity index (χ4v) is 2.02. The highest BCUT2D eigenvalue weighted by molar-refractivity contribution is 5.24. The molecule has 2 rings (SSSR count). The van der Waals surface area contributed by atoms with Crippen molar-refractivity contribution < 1.29 is 4.74 Å². The molecular weight excluding hydrogens is 172 g/mol. The van der Waals surface area contributed by atoms with Gasteiger partial charge < -0.3 is 4.74 Å². The first kappa shape index (κ1) is 9.72. The summed E-state index contributed by atoms with van der Waals surface area (Å²) >= 11 is 0. The van der Waals surface area contributed by atoms with Gasteiger partial charge in [-0.15, -0.1) is 0 Å². The van der Waals surface area contributed by atoms with Crippen LogP contribution in [0.1, 0.15) is 43.9 Å². The quantitative estimate of drug-likeness (QED) is 0.693. The van der Waals surface area contributed by atoms with E-state index in [-0.39, 0.29) is 0 Å². The molecule has 1 aromatic rings. The zero-order valence-corrected chi connectivity index (χ0v) is 8.99. The largest absolute Gasteiger partial charge is 0.371 e. The summed E-state index contributed by atoms with van der Waals surface area (Å²) in [7, 11) is 0. The molecule has 0 unspecified atom stereocenters. The maximum absolute atomic E-state index is 5.82. The third-order valence-electron chi connectivity index (χ3n) is 2.99. The standard InChI is InChI=1S/C13H18O/c1-3-11-5-7-12(8-6-11)13-9-4-10(2)14-13/h5-8,10,13H,3-4,9H2,1-2H3/t10-,13+/m1/s1.